The standard InChI is InChI=1S/C8H14N2OS/c1-4-7(11-2)8-9-5-6-10(8)12-3/h5-7H,4H2,1-3H3/p+1. The van der Waals surface area contributed by atoms with E-state index in [1.54, 1.807) is 19.1 Å². The van der Waals surface area contributed by atoms with Gasteiger partial charge >= 0.3 is 0 Å². The van der Waals surface area contributed by atoms with Crippen molar-refractivity contribution in [2.75, 3.05) is 13.4 Å². The van der Waals surface area contributed by atoms with E-state index >= 15 is 0 Å². The van der Waals surface area contributed by atoms with Gasteiger partial charge in [0.05, 0.1) is 11.9 Å². The Hall–Kier alpha value is -0.480. The quantitative estimate of drug-likeness (QED) is 0.724. The van der Waals surface area contributed by atoms with E-state index in [1.165, 1.54) is 0 Å². The van der Waals surface area contributed by atoms with Crippen molar-refractivity contribution in [3.63, 3.8) is 0 Å². The predicted octanol–water partition coefficient (Wildman–Crippen LogP) is 1.53. The van der Waals surface area contributed by atoms with Crippen LogP contribution < -0.4 is 3.97 Å². The summed E-state index contributed by atoms with van der Waals surface area (Å²) in [6, 6.07) is 0. The molecule has 0 saturated heterocycles. The van der Waals surface area contributed by atoms with Crippen LogP contribution in [-0.2, 0) is 4.74 Å². The van der Waals surface area contributed by atoms with Crippen LogP contribution in [0.5, 0.6) is 0 Å². The van der Waals surface area contributed by atoms with Gasteiger partial charge in [-0.3, -0.25) is 0 Å². The maximum atomic E-state index is 5.32. The van der Waals surface area contributed by atoms with Crippen LogP contribution in [0, 0.1) is 0 Å². The molecule has 0 aliphatic rings. The molecule has 1 rings (SSSR count). The number of methoxy groups -OCH3 is 1. The SMILES string of the molecule is CCC(OC)c1[nH]cc[n+]1SC. The third-order valence-corrected chi connectivity index (χ3v) is 2.55. The van der Waals surface area contributed by atoms with Gasteiger partial charge < -0.3 is 4.74 Å². The molecule has 12 heavy (non-hydrogen) atoms. The van der Waals surface area contributed by atoms with Crippen LogP contribution in [0.2, 0.25) is 0 Å². The van der Waals surface area contributed by atoms with Gasteiger partial charge in [0.1, 0.15) is 12.4 Å². The van der Waals surface area contributed by atoms with Crippen molar-refractivity contribution in [1.82, 2.24) is 4.98 Å². The number of rotatable bonds is 4. The smallest absolute Gasteiger partial charge is 0.295 e. The molecule has 1 heterocycles. The Morgan fingerprint density at radius 3 is 3.00 bits per heavy atom. The Bertz CT molecular complexity index is 233. The molecule has 3 nitrogen and oxygen atoms in total. The third kappa shape index (κ3) is 1.81. The summed E-state index contributed by atoms with van der Waals surface area (Å²) in [7, 11) is 1.74. The molecule has 0 saturated carbocycles. The molecule has 0 radical (unpaired) electrons. The van der Waals surface area contributed by atoms with E-state index in [9.17, 15) is 0 Å². The molecule has 0 aromatic carbocycles. The van der Waals surface area contributed by atoms with Crippen LogP contribution in [0.1, 0.15) is 25.3 Å². The van der Waals surface area contributed by atoms with Crippen LogP contribution in [0.15, 0.2) is 12.4 Å². The number of nitrogens with zero attached hydrogens (tertiary/aromatic N) is 1. The summed E-state index contributed by atoms with van der Waals surface area (Å²) in [5, 5.41) is 0. The van der Waals surface area contributed by atoms with Crippen molar-refractivity contribution in [1.29, 1.82) is 0 Å². The molecular weight excluding hydrogens is 172 g/mol. The Balaban J connectivity index is 2.83. The van der Waals surface area contributed by atoms with Gasteiger partial charge in [0.15, 0.2) is 6.10 Å². The molecular formula is C8H15N2OS+. The molecule has 0 aliphatic carbocycles. The second-order valence-corrected chi connectivity index (χ2v) is 3.24. The summed E-state index contributed by atoms with van der Waals surface area (Å²) in [5.41, 5.74) is 0. The summed E-state index contributed by atoms with van der Waals surface area (Å²) < 4.78 is 7.40. The molecule has 0 fully saturated rings. The minimum atomic E-state index is 0.174. The average molecular weight is 187 g/mol. The fourth-order valence-corrected chi connectivity index (χ4v) is 1.75. The van der Waals surface area contributed by atoms with E-state index in [0.29, 0.717) is 0 Å². The molecule has 1 N–H and O–H groups in total. The average Bonchev–Trinajstić information content (AvgIpc) is 2.55. The number of aromatic amines is 1. The van der Waals surface area contributed by atoms with E-state index in [0.717, 1.165) is 12.2 Å². The van der Waals surface area contributed by atoms with Crippen LogP contribution in [0.4, 0.5) is 0 Å². The Labute approximate surface area is 77.3 Å². The molecule has 0 spiro atoms. The molecule has 0 amide bonds. The maximum absolute atomic E-state index is 5.32. The minimum absolute atomic E-state index is 0.174. The maximum Gasteiger partial charge on any atom is 0.295 e. The van der Waals surface area contributed by atoms with Gasteiger partial charge in [-0.2, -0.15) is 3.97 Å². The van der Waals surface area contributed by atoms with Gasteiger partial charge in [-0.1, -0.05) is 6.92 Å². The molecule has 0 bridgehead atoms. The second-order valence-electron chi connectivity index (χ2n) is 2.49. The highest BCUT2D eigenvalue weighted by Crippen LogP contribution is 2.14. The van der Waals surface area contributed by atoms with Crippen LogP contribution >= 0.6 is 11.9 Å². The van der Waals surface area contributed by atoms with Crippen molar-refractivity contribution in [2.45, 2.75) is 19.4 Å². The first-order chi connectivity index (χ1) is 5.83. The van der Waals surface area contributed by atoms with Crippen molar-refractivity contribution < 1.29 is 8.71 Å². The number of hydrogen-bond acceptors (Lipinski definition) is 2. The zero-order valence-electron chi connectivity index (χ0n) is 7.70. The predicted molar refractivity (Wildman–Crippen MR) is 49.9 cm³/mol. The number of aromatic nitrogens is 2. The summed E-state index contributed by atoms with van der Waals surface area (Å²) in [6.45, 7) is 2.11. The van der Waals surface area contributed by atoms with E-state index < -0.39 is 0 Å². The summed E-state index contributed by atoms with van der Waals surface area (Å²) in [4.78, 5) is 3.18. The van der Waals surface area contributed by atoms with Gasteiger partial charge in [0.25, 0.3) is 5.82 Å². The van der Waals surface area contributed by atoms with Gasteiger partial charge in [0.2, 0.25) is 0 Å². The monoisotopic (exact) mass is 187 g/mol. The van der Waals surface area contributed by atoms with Crippen LogP contribution in [-0.4, -0.2) is 18.3 Å². The summed E-state index contributed by atoms with van der Waals surface area (Å²) in [6.07, 6.45) is 7.12. The number of imidazole rings is 1. The minimum Gasteiger partial charge on any atom is -0.369 e. The first-order valence-electron chi connectivity index (χ1n) is 3.99. The van der Waals surface area contributed by atoms with Crippen molar-refractivity contribution in [3.8, 4) is 0 Å². The molecule has 1 atom stereocenters. The summed E-state index contributed by atoms with van der Waals surface area (Å²) in [5.74, 6) is 1.12. The highest BCUT2D eigenvalue weighted by atomic mass is 32.2. The largest absolute Gasteiger partial charge is 0.369 e. The Morgan fingerprint density at radius 2 is 2.50 bits per heavy atom. The number of nitrogens with one attached hydrogen (secondary N) is 1. The molecule has 4 heteroatoms. The lowest BCUT2D eigenvalue weighted by atomic mass is 10.3. The topological polar surface area (TPSA) is 28.9 Å². The van der Waals surface area contributed by atoms with E-state index in [4.69, 9.17) is 4.74 Å². The van der Waals surface area contributed by atoms with Gasteiger partial charge in [-0.15, -0.1) is 0 Å². The Morgan fingerprint density at radius 1 is 1.75 bits per heavy atom. The molecule has 0 aliphatic heterocycles. The zero-order chi connectivity index (χ0) is 8.97. The van der Waals surface area contributed by atoms with Gasteiger partial charge in [-0.05, 0) is 6.42 Å². The van der Waals surface area contributed by atoms with Crippen LogP contribution in [0.3, 0.4) is 0 Å². The number of H-pyrrole nitrogens is 1. The molecule has 1 aromatic heterocycles. The lowest BCUT2D eigenvalue weighted by Gasteiger charge is -2.07. The van der Waals surface area contributed by atoms with Gasteiger partial charge in [-0.25, -0.2) is 4.98 Å². The lowest BCUT2D eigenvalue weighted by molar-refractivity contribution is -0.509. The van der Waals surface area contributed by atoms with E-state index in [1.807, 2.05) is 18.6 Å². The Kier molecular flexibility index (Phi) is 3.62. The van der Waals surface area contributed by atoms with E-state index in [2.05, 4.69) is 15.9 Å². The van der Waals surface area contributed by atoms with E-state index in [-0.39, 0.29) is 6.10 Å². The molecule has 1 aromatic rings. The first-order valence-corrected chi connectivity index (χ1v) is 5.17. The zero-order valence-corrected chi connectivity index (χ0v) is 8.52. The first kappa shape index (κ1) is 9.61. The third-order valence-electron chi connectivity index (χ3n) is 1.84. The van der Waals surface area contributed by atoms with Crippen molar-refractivity contribution in [3.05, 3.63) is 18.2 Å². The van der Waals surface area contributed by atoms with Crippen molar-refractivity contribution >= 4 is 11.9 Å². The lowest BCUT2D eigenvalue weighted by Crippen LogP contribution is -2.29. The fraction of sp³-hybridized carbons (Fsp3) is 0.625. The van der Waals surface area contributed by atoms with Crippen molar-refractivity contribution in [2.24, 2.45) is 0 Å². The fourth-order valence-electron chi connectivity index (χ4n) is 1.20. The highest BCUT2D eigenvalue weighted by Gasteiger charge is 2.20. The molecule has 1 unspecified atom stereocenters. The van der Waals surface area contributed by atoms with Crippen LogP contribution in [0.25, 0.3) is 0 Å². The van der Waals surface area contributed by atoms with Gasteiger partial charge in [0, 0.05) is 13.4 Å². The molecule has 68 valence electrons. The summed E-state index contributed by atoms with van der Waals surface area (Å²) >= 11 is 1.67. The second kappa shape index (κ2) is 4.52. The number of hydrogen-bond donors (Lipinski definition) is 1. The highest BCUT2D eigenvalue weighted by molar-refractivity contribution is 7.92. The number of ether oxygens (including phenoxy) is 1. The normalized spacial score (nSPS) is 13.2.